The molecule has 5 aromatic rings. The fraction of sp³-hybridized carbons (Fsp3) is 0.432. The van der Waals surface area contributed by atoms with E-state index in [1.807, 2.05) is 48.5 Å². The second-order valence-electron chi connectivity index (χ2n) is 15.7. The Labute approximate surface area is 343 Å². The van der Waals surface area contributed by atoms with E-state index < -0.39 is 5.97 Å². The summed E-state index contributed by atoms with van der Waals surface area (Å²) < 4.78 is 11.8. The summed E-state index contributed by atoms with van der Waals surface area (Å²) in [4.78, 5) is 62.7. The van der Waals surface area contributed by atoms with Crippen molar-refractivity contribution in [1.29, 1.82) is 0 Å². The van der Waals surface area contributed by atoms with Crippen molar-refractivity contribution in [3.63, 3.8) is 0 Å². The van der Waals surface area contributed by atoms with Gasteiger partial charge in [-0.15, -0.1) is 11.3 Å². The van der Waals surface area contributed by atoms with E-state index in [1.165, 1.54) is 23.9 Å². The number of aromatic nitrogens is 4. The number of anilines is 1. The number of hydrogen-bond acceptors (Lipinski definition) is 11. The number of carbonyl (C=O) groups is 4. The number of nitrogens with one attached hydrogen (secondary N) is 1. The first-order chi connectivity index (χ1) is 27.9. The molecule has 306 valence electrons. The van der Waals surface area contributed by atoms with Gasteiger partial charge in [0.25, 0.3) is 5.91 Å². The van der Waals surface area contributed by atoms with E-state index in [4.69, 9.17) is 9.26 Å². The summed E-state index contributed by atoms with van der Waals surface area (Å²) in [5.41, 5.74) is 4.39. The van der Waals surface area contributed by atoms with Crippen LogP contribution < -0.4 is 5.32 Å². The van der Waals surface area contributed by atoms with Gasteiger partial charge in [-0.25, -0.2) is 0 Å². The van der Waals surface area contributed by atoms with E-state index in [9.17, 15) is 19.2 Å². The van der Waals surface area contributed by atoms with Crippen LogP contribution in [0.2, 0.25) is 0 Å². The third kappa shape index (κ3) is 10.9. The highest BCUT2D eigenvalue weighted by molar-refractivity contribution is 7.17. The Bertz CT molecular complexity index is 2170. The molecule has 6 rings (SSSR count). The Kier molecular flexibility index (Phi) is 14.0. The average Bonchev–Trinajstić information content (AvgIpc) is 3.99. The summed E-state index contributed by atoms with van der Waals surface area (Å²) in [5, 5.41) is 11.9. The molecule has 0 fully saturated rings. The van der Waals surface area contributed by atoms with Crippen LogP contribution >= 0.6 is 11.3 Å². The molecule has 58 heavy (non-hydrogen) atoms. The van der Waals surface area contributed by atoms with E-state index in [0.717, 1.165) is 53.7 Å². The van der Waals surface area contributed by atoms with Crippen molar-refractivity contribution in [3.05, 3.63) is 117 Å². The van der Waals surface area contributed by atoms with Crippen molar-refractivity contribution < 1.29 is 28.4 Å². The van der Waals surface area contributed by atoms with Gasteiger partial charge < -0.3 is 19.5 Å². The molecular formula is C44H53N7O6S. The van der Waals surface area contributed by atoms with E-state index in [0.29, 0.717) is 47.2 Å². The highest BCUT2D eigenvalue weighted by atomic mass is 32.1. The number of esters is 1. The minimum atomic E-state index is -0.399. The zero-order valence-electron chi connectivity index (χ0n) is 34.0. The molecule has 0 unspecified atom stereocenters. The summed E-state index contributed by atoms with van der Waals surface area (Å²) in [6.07, 6.45) is 8.92. The third-order valence-electron chi connectivity index (χ3n) is 10.8. The number of carbonyl (C=O) groups excluding carboxylic acids is 4. The van der Waals surface area contributed by atoms with Crippen molar-refractivity contribution in [2.45, 2.75) is 98.4 Å². The van der Waals surface area contributed by atoms with Crippen molar-refractivity contribution in [3.8, 4) is 0 Å². The van der Waals surface area contributed by atoms with Gasteiger partial charge in [-0.05, 0) is 66.3 Å². The van der Waals surface area contributed by atoms with Crippen LogP contribution in [0.5, 0.6) is 0 Å². The summed E-state index contributed by atoms with van der Waals surface area (Å²) in [7, 11) is 1.76. The molecule has 1 aliphatic carbocycles. The van der Waals surface area contributed by atoms with Crippen LogP contribution in [0.4, 0.5) is 5.00 Å². The molecule has 14 heteroatoms. The zero-order valence-corrected chi connectivity index (χ0v) is 34.8. The van der Waals surface area contributed by atoms with E-state index >= 15 is 0 Å². The first-order valence-electron chi connectivity index (χ1n) is 20.0. The van der Waals surface area contributed by atoms with Crippen LogP contribution in [0, 0.1) is 5.41 Å². The second-order valence-corrected chi connectivity index (χ2v) is 16.8. The smallest absolute Gasteiger partial charge is 0.306 e. The maximum Gasteiger partial charge on any atom is 0.306 e. The van der Waals surface area contributed by atoms with Gasteiger partial charge in [0.05, 0.1) is 23.7 Å². The molecule has 0 radical (unpaired) electrons. The van der Waals surface area contributed by atoms with Gasteiger partial charge in [0.15, 0.2) is 11.6 Å². The fourth-order valence-electron chi connectivity index (χ4n) is 7.38. The Balaban J connectivity index is 1.11. The van der Waals surface area contributed by atoms with Crippen LogP contribution in [0.3, 0.4) is 0 Å². The van der Waals surface area contributed by atoms with Gasteiger partial charge in [-0.1, -0.05) is 75.3 Å². The molecule has 0 saturated heterocycles. The summed E-state index contributed by atoms with van der Waals surface area (Å²) in [5.74, 6) is -0.544. The number of ether oxygens (including phenoxy) is 1. The zero-order chi connectivity index (χ0) is 41.2. The lowest BCUT2D eigenvalue weighted by atomic mass is 9.76. The van der Waals surface area contributed by atoms with Crippen LogP contribution in [0.15, 0.2) is 77.9 Å². The number of nitrogens with zero attached hydrogens (tertiary/aromatic N) is 6. The lowest BCUT2D eigenvalue weighted by Crippen LogP contribution is -2.41. The highest BCUT2D eigenvalue weighted by Crippen LogP contribution is 2.44. The van der Waals surface area contributed by atoms with Crippen molar-refractivity contribution in [2.75, 3.05) is 25.5 Å². The summed E-state index contributed by atoms with van der Waals surface area (Å²) in [6.45, 7) is 10.9. The molecule has 2 aromatic carbocycles. The molecule has 0 spiro atoms. The molecule has 3 heterocycles. The molecule has 0 atom stereocenters. The van der Waals surface area contributed by atoms with Crippen molar-refractivity contribution in [1.82, 2.24) is 29.7 Å². The van der Waals surface area contributed by atoms with E-state index in [1.54, 1.807) is 28.9 Å². The number of hydrogen-bond donors (Lipinski definition) is 1. The lowest BCUT2D eigenvalue weighted by molar-refractivity contribution is -0.147. The minimum Gasteiger partial charge on any atom is -0.461 e. The molecule has 3 aromatic heterocycles. The number of thiophene rings is 1. The second kappa shape index (κ2) is 19.3. The fourth-order valence-corrected chi connectivity index (χ4v) is 8.88. The maximum atomic E-state index is 14.2. The SMILES string of the molecule is CCC(CC)N(CCN(C)C(=O)CCC(=O)OCc1ccccc1)Cc1cccc(C(=O)Nc2sc3c(c2C(=O)c2cnn(Cc4ncon4)c2)CCC(C)(C)C3)c1. The summed E-state index contributed by atoms with van der Waals surface area (Å²) in [6, 6.07) is 17.3. The van der Waals surface area contributed by atoms with Crippen LogP contribution in [-0.2, 0) is 46.9 Å². The molecule has 1 aliphatic rings. The number of fused-ring (bicyclic) bond motifs is 1. The number of likely N-dealkylation sites (N-methyl/N-ethyl adjacent to an activating group) is 1. The predicted molar refractivity (Wildman–Crippen MR) is 221 cm³/mol. The van der Waals surface area contributed by atoms with E-state index in [2.05, 4.69) is 53.2 Å². The topological polar surface area (TPSA) is 153 Å². The van der Waals surface area contributed by atoms with Crippen LogP contribution in [0.25, 0.3) is 0 Å². The van der Waals surface area contributed by atoms with Gasteiger partial charge in [0.1, 0.15) is 18.2 Å². The average molecular weight is 808 g/mol. The quantitative estimate of drug-likeness (QED) is 0.0662. The van der Waals surface area contributed by atoms with Gasteiger partial charge in [-0.2, -0.15) is 10.1 Å². The van der Waals surface area contributed by atoms with Crippen LogP contribution in [0.1, 0.15) is 113 Å². The monoisotopic (exact) mass is 807 g/mol. The summed E-state index contributed by atoms with van der Waals surface area (Å²) >= 11 is 1.48. The minimum absolute atomic E-state index is 0.0240. The number of rotatable bonds is 19. The normalized spacial score (nSPS) is 13.4. The highest BCUT2D eigenvalue weighted by Gasteiger charge is 2.34. The molecule has 2 amide bonds. The maximum absolute atomic E-state index is 14.2. The molecule has 1 N–H and O–H groups in total. The van der Waals surface area contributed by atoms with E-state index in [-0.39, 0.29) is 55.0 Å². The molecule has 0 aliphatic heterocycles. The molecular weight excluding hydrogens is 755 g/mol. The molecule has 13 nitrogen and oxygen atoms in total. The number of benzene rings is 2. The Morgan fingerprint density at radius 2 is 1.78 bits per heavy atom. The molecule has 0 bridgehead atoms. The van der Waals surface area contributed by atoms with Gasteiger partial charge in [-0.3, -0.25) is 28.8 Å². The van der Waals surface area contributed by atoms with Crippen molar-refractivity contribution >= 4 is 39.9 Å². The Hall–Kier alpha value is -5.47. The number of amides is 2. The molecule has 0 saturated carbocycles. The third-order valence-corrected chi connectivity index (χ3v) is 12.0. The van der Waals surface area contributed by atoms with Gasteiger partial charge in [0.2, 0.25) is 12.3 Å². The Morgan fingerprint density at radius 3 is 2.52 bits per heavy atom. The van der Waals surface area contributed by atoms with Gasteiger partial charge >= 0.3 is 5.97 Å². The first-order valence-corrected chi connectivity index (χ1v) is 20.8. The Morgan fingerprint density at radius 1 is 1.00 bits per heavy atom. The largest absolute Gasteiger partial charge is 0.461 e. The first kappa shape index (κ1) is 42.1. The van der Waals surface area contributed by atoms with Crippen molar-refractivity contribution in [2.24, 2.45) is 5.41 Å². The van der Waals surface area contributed by atoms with Crippen LogP contribution in [-0.4, -0.2) is 79.5 Å². The van der Waals surface area contributed by atoms with Gasteiger partial charge in [0, 0.05) is 55.8 Å². The number of ketones is 1. The lowest BCUT2D eigenvalue weighted by Gasteiger charge is -2.32. The predicted octanol–water partition coefficient (Wildman–Crippen LogP) is 7.35. The standard InChI is InChI=1S/C44H53N7O6S/c1-6-34(7-2)50(21-20-49(5)38(52)16-17-39(53)56-28-30-12-9-8-10-13-30)25-31-14-11-15-32(22-31)42(55)47-43-40(35-18-19-44(3,4)23-36(35)58-43)41(54)33-24-46-51(26-33)27-37-45-29-57-48-37/h8-15,22,24,26,29,34H,6-7,16-21,23,25,27-28H2,1-5H3,(H,47,55).